The van der Waals surface area contributed by atoms with E-state index in [-0.39, 0.29) is 25.8 Å². The Balaban J connectivity index is 3.10. The second kappa shape index (κ2) is 20.4. The van der Waals surface area contributed by atoms with Crippen molar-refractivity contribution in [1.82, 2.24) is 0 Å². The molecule has 0 aromatic carbocycles. The lowest BCUT2D eigenvalue weighted by atomic mass is 10.0. The Hall–Kier alpha value is -0.640. The number of rotatable bonds is 19. The standard InChI is InChI=1S/C20H39FO3/c1-2-3-4-5-6-7-8-9-10-11-12-13-14-15-20(22)24-19-18-23-17-16-21/h2-19H2,1H3. The third-order valence-corrected chi connectivity index (χ3v) is 4.20. The molecule has 144 valence electrons. The smallest absolute Gasteiger partial charge is 0.305 e. The second-order valence-corrected chi connectivity index (χ2v) is 6.51. The molecule has 0 fully saturated rings. The molecule has 0 saturated heterocycles. The van der Waals surface area contributed by atoms with Gasteiger partial charge in [0.1, 0.15) is 13.3 Å². The quantitative estimate of drug-likeness (QED) is 0.213. The van der Waals surface area contributed by atoms with Gasteiger partial charge < -0.3 is 9.47 Å². The normalized spacial score (nSPS) is 10.9. The van der Waals surface area contributed by atoms with Gasteiger partial charge in [-0.1, -0.05) is 84.0 Å². The minimum atomic E-state index is -0.493. The van der Waals surface area contributed by atoms with E-state index in [0.717, 1.165) is 12.8 Å². The molecule has 0 spiro atoms. The molecule has 0 rings (SSSR count). The van der Waals surface area contributed by atoms with Crippen LogP contribution in [0.25, 0.3) is 0 Å². The summed E-state index contributed by atoms with van der Waals surface area (Å²) in [6.07, 6.45) is 17.4. The number of ether oxygens (including phenoxy) is 2. The molecule has 0 saturated carbocycles. The van der Waals surface area contributed by atoms with Crippen LogP contribution in [-0.4, -0.2) is 32.5 Å². The highest BCUT2D eigenvalue weighted by Gasteiger charge is 2.02. The van der Waals surface area contributed by atoms with Gasteiger partial charge in [-0.2, -0.15) is 0 Å². The van der Waals surface area contributed by atoms with Gasteiger partial charge in [-0.15, -0.1) is 0 Å². The number of alkyl halides is 1. The maximum absolute atomic E-state index is 11.8. The van der Waals surface area contributed by atoms with Crippen LogP contribution in [0.4, 0.5) is 4.39 Å². The molecule has 0 bridgehead atoms. The Morgan fingerprint density at radius 3 is 1.71 bits per heavy atom. The maximum Gasteiger partial charge on any atom is 0.305 e. The van der Waals surface area contributed by atoms with Crippen molar-refractivity contribution in [1.29, 1.82) is 0 Å². The fourth-order valence-corrected chi connectivity index (χ4v) is 2.73. The van der Waals surface area contributed by atoms with E-state index >= 15 is 0 Å². The van der Waals surface area contributed by atoms with Crippen LogP contribution in [-0.2, 0) is 14.3 Å². The first-order valence-corrected chi connectivity index (χ1v) is 10.1. The number of carbonyl (C=O) groups is 1. The Morgan fingerprint density at radius 2 is 1.21 bits per heavy atom. The van der Waals surface area contributed by atoms with Crippen LogP contribution in [0.15, 0.2) is 0 Å². The highest BCUT2D eigenvalue weighted by Crippen LogP contribution is 2.13. The van der Waals surface area contributed by atoms with Crippen LogP contribution in [0, 0.1) is 0 Å². The lowest BCUT2D eigenvalue weighted by molar-refractivity contribution is -0.145. The summed E-state index contributed by atoms with van der Waals surface area (Å²) in [6.45, 7) is 2.37. The molecule has 4 heteroatoms. The van der Waals surface area contributed by atoms with Crippen molar-refractivity contribution in [2.24, 2.45) is 0 Å². The molecule has 0 aromatic heterocycles. The van der Waals surface area contributed by atoms with Gasteiger partial charge in [-0.25, -0.2) is 4.39 Å². The molecule has 0 heterocycles. The van der Waals surface area contributed by atoms with Gasteiger partial charge in [-0.05, 0) is 6.42 Å². The number of esters is 1. The van der Waals surface area contributed by atoms with Crippen molar-refractivity contribution < 1.29 is 18.7 Å². The van der Waals surface area contributed by atoms with E-state index in [0.29, 0.717) is 6.42 Å². The third-order valence-electron chi connectivity index (χ3n) is 4.20. The Labute approximate surface area is 148 Å². The molecule has 0 N–H and O–H groups in total. The largest absolute Gasteiger partial charge is 0.463 e. The van der Waals surface area contributed by atoms with Gasteiger partial charge in [0, 0.05) is 6.42 Å². The Bertz CT molecular complexity index is 259. The van der Waals surface area contributed by atoms with Crippen molar-refractivity contribution in [3.05, 3.63) is 0 Å². The average molecular weight is 347 g/mol. The average Bonchev–Trinajstić information content (AvgIpc) is 2.59. The van der Waals surface area contributed by atoms with Crippen LogP contribution >= 0.6 is 0 Å². The molecule has 0 atom stereocenters. The lowest BCUT2D eigenvalue weighted by Gasteiger charge is -2.05. The van der Waals surface area contributed by atoms with E-state index in [1.54, 1.807) is 0 Å². The molecule has 0 aliphatic heterocycles. The minimum absolute atomic E-state index is 0.0798. The van der Waals surface area contributed by atoms with Gasteiger partial charge in [0.2, 0.25) is 0 Å². The number of carbonyl (C=O) groups excluding carboxylic acids is 1. The maximum atomic E-state index is 11.8. The molecule has 0 unspecified atom stereocenters. The molecule has 0 aromatic rings. The first kappa shape index (κ1) is 23.4. The van der Waals surface area contributed by atoms with Gasteiger partial charge >= 0.3 is 5.97 Å². The van der Waals surface area contributed by atoms with E-state index in [4.69, 9.17) is 9.47 Å². The van der Waals surface area contributed by atoms with Crippen LogP contribution in [0.1, 0.15) is 96.8 Å². The molecular weight excluding hydrogens is 307 g/mol. The molecule has 3 nitrogen and oxygen atoms in total. The summed E-state index contributed by atoms with van der Waals surface area (Å²) in [7, 11) is 0. The second-order valence-electron chi connectivity index (χ2n) is 6.51. The summed E-state index contributed by atoms with van der Waals surface area (Å²) in [5.41, 5.74) is 0. The van der Waals surface area contributed by atoms with Crippen molar-refractivity contribution in [2.75, 3.05) is 26.5 Å². The zero-order valence-electron chi connectivity index (χ0n) is 15.8. The number of halogens is 1. The topological polar surface area (TPSA) is 35.5 Å². The van der Waals surface area contributed by atoms with E-state index < -0.39 is 6.67 Å². The minimum Gasteiger partial charge on any atom is -0.463 e. The number of hydrogen-bond donors (Lipinski definition) is 0. The summed E-state index contributed by atoms with van der Waals surface area (Å²) in [5, 5.41) is 0. The van der Waals surface area contributed by atoms with E-state index in [9.17, 15) is 9.18 Å². The predicted molar refractivity (Wildman–Crippen MR) is 98.1 cm³/mol. The van der Waals surface area contributed by atoms with Gasteiger partial charge in [0.15, 0.2) is 0 Å². The van der Waals surface area contributed by atoms with Gasteiger partial charge in [0.05, 0.1) is 13.2 Å². The summed E-state index contributed by atoms with van der Waals surface area (Å²) < 4.78 is 21.7. The number of unbranched alkanes of at least 4 members (excludes halogenated alkanes) is 12. The Morgan fingerprint density at radius 1 is 0.708 bits per heavy atom. The molecule has 0 amide bonds. The monoisotopic (exact) mass is 346 g/mol. The lowest BCUT2D eigenvalue weighted by Crippen LogP contribution is -2.11. The Kier molecular flexibility index (Phi) is 19.9. The molecule has 0 aliphatic carbocycles. The SMILES string of the molecule is CCCCCCCCCCCCCCCC(=O)OCCOCCF. The van der Waals surface area contributed by atoms with Crippen molar-refractivity contribution >= 4 is 5.97 Å². The van der Waals surface area contributed by atoms with E-state index in [1.165, 1.54) is 70.6 Å². The summed E-state index contributed by atoms with van der Waals surface area (Å²) in [6, 6.07) is 0. The number of hydrogen-bond acceptors (Lipinski definition) is 3. The third kappa shape index (κ3) is 19.4. The van der Waals surface area contributed by atoms with Crippen molar-refractivity contribution in [3.63, 3.8) is 0 Å². The van der Waals surface area contributed by atoms with Crippen LogP contribution in [0.5, 0.6) is 0 Å². The summed E-state index contributed by atoms with van der Waals surface area (Å²) in [4.78, 5) is 11.4. The fourth-order valence-electron chi connectivity index (χ4n) is 2.73. The van der Waals surface area contributed by atoms with Gasteiger partial charge in [-0.3, -0.25) is 4.79 Å². The van der Waals surface area contributed by atoms with E-state index in [2.05, 4.69) is 6.92 Å². The summed E-state index contributed by atoms with van der Waals surface area (Å²) >= 11 is 0. The van der Waals surface area contributed by atoms with Crippen LogP contribution in [0.2, 0.25) is 0 Å². The first-order chi connectivity index (χ1) is 11.8. The fraction of sp³-hybridized carbons (Fsp3) is 0.950. The predicted octanol–water partition coefficient (Wildman–Crippen LogP) is 6.00. The van der Waals surface area contributed by atoms with Gasteiger partial charge in [0.25, 0.3) is 0 Å². The molecule has 24 heavy (non-hydrogen) atoms. The highest BCUT2D eigenvalue weighted by molar-refractivity contribution is 5.69. The first-order valence-electron chi connectivity index (χ1n) is 10.1. The van der Waals surface area contributed by atoms with Crippen molar-refractivity contribution in [2.45, 2.75) is 96.8 Å². The van der Waals surface area contributed by atoms with Crippen LogP contribution in [0.3, 0.4) is 0 Å². The van der Waals surface area contributed by atoms with E-state index in [1.807, 2.05) is 0 Å². The summed E-state index contributed by atoms with van der Waals surface area (Å²) in [5.74, 6) is -0.165. The molecular formula is C20H39FO3. The zero-order valence-corrected chi connectivity index (χ0v) is 15.8. The zero-order chi connectivity index (χ0) is 17.7. The van der Waals surface area contributed by atoms with Crippen LogP contribution < -0.4 is 0 Å². The van der Waals surface area contributed by atoms with Crippen molar-refractivity contribution in [3.8, 4) is 0 Å². The molecule has 0 radical (unpaired) electrons. The molecule has 0 aliphatic rings. The highest BCUT2D eigenvalue weighted by atomic mass is 19.1.